The van der Waals surface area contributed by atoms with E-state index in [0.29, 0.717) is 17.6 Å². The molecule has 0 saturated carbocycles. The predicted octanol–water partition coefficient (Wildman–Crippen LogP) is 1.77. The number of hydrogen-bond donors (Lipinski definition) is 1. The Bertz CT molecular complexity index is 399. The number of nitrogens with zero attached hydrogens (tertiary/aromatic N) is 3. The second kappa shape index (κ2) is 6.24. The second-order valence-electron chi connectivity index (χ2n) is 5.13. The van der Waals surface area contributed by atoms with Crippen molar-refractivity contribution in [1.29, 1.82) is 0 Å². The van der Waals surface area contributed by atoms with Crippen LogP contribution < -0.4 is 5.32 Å². The van der Waals surface area contributed by atoms with Crippen LogP contribution in [0.5, 0.6) is 0 Å². The van der Waals surface area contributed by atoms with Crippen LogP contribution in [0.3, 0.4) is 0 Å². The molecule has 0 bridgehead atoms. The molecule has 1 aromatic heterocycles. The molecule has 0 unspecified atom stereocenters. The molecule has 0 spiro atoms. The Morgan fingerprint density at radius 3 is 2.78 bits per heavy atom. The van der Waals surface area contributed by atoms with Gasteiger partial charge in [-0.3, -0.25) is 15.0 Å². The predicted molar refractivity (Wildman–Crippen MR) is 72.8 cm³/mol. The molecule has 6 heteroatoms. The van der Waals surface area contributed by atoms with Gasteiger partial charge < -0.3 is 0 Å². The van der Waals surface area contributed by atoms with Gasteiger partial charge in [-0.05, 0) is 31.8 Å². The SMILES string of the molecule is CC(C)Cc1nnc(NC(=O)CN2CCCC2)s1. The minimum Gasteiger partial charge on any atom is -0.299 e. The number of carbonyl (C=O) groups excluding carboxylic acids is 1. The van der Waals surface area contributed by atoms with E-state index in [-0.39, 0.29) is 5.91 Å². The third-order valence-electron chi connectivity index (χ3n) is 2.86. The van der Waals surface area contributed by atoms with Crippen molar-refractivity contribution in [2.75, 3.05) is 25.0 Å². The van der Waals surface area contributed by atoms with Gasteiger partial charge in [-0.15, -0.1) is 10.2 Å². The molecular formula is C12H20N4OS. The Morgan fingerprint density at radius 1 is 1.39 bits per heavy atom. The number of anilines is 1. The zero-order valence-corrected chi connectivity index (χ0v) is 11.8. The number of aromatic nitrogens is 2. The summed E-state index contributed by atoms with van der Waals surface area (Å²) in [6.45, 7) is 6.82. The van der Waals surface area contributed by atoms with E-state index < -0.39 is 0 Å². The van der Waals surface area contributed by atoms with Gasteiger partial charge >= 0.3 is 0 Å². The fraction of sp³-hybridized carbons (Fsp3) is 0.750. The molecule has 0 aromatic carbocycles. The van der Waals surface area contributed by atoms with Crippen molar-refractivity contribution in [1.82, 2.24) is 15.1 Å². The lowest BCUT2D eigenvalue weighted by Crippen LogP contribution is -2.30. The van der Waals surface area contributed by atoms with Crippen LogP contribution in [0, 0.1) is 5.92 Å². The lowest BCUT2D eigenvalue weighted by atomic mass is 10.1. The summed E-state index contributed by atoms with van der Waals surface area (Å²) in [5.41, 5.74) is 0. The van der Waals surface area contributed by atoms with E-state index >= 15 is 0 Å². The summed E-state index contributed by atoms with van der Waals surface area (Å²) in [4.78, 5) is 14.0. The molecule has 5 nitrogen and oxygen atoms in total. The maximum Gasteiger partial charge on any atom is 0.240 e. The van der Waals surface area contributed by atoms with E-state index in [1.807, 2.05) is 0 Å². The average molecular weight is 268 g/mol. The maximum atomic E-state index is 11.8. The lowest BCUT2D eigenvalue weighted by molar-refractivity contribution is -0.117. The summed E-state index contributed by atoms with van der Waals surface area (Å²) in [7, 11) is 0. The smallest absolute Gasteiger partial charge is 0.240 e. The summed E-state index contributed by atoms with van der Waals surface area (Å²) >= 11 is 1.47. The van der Waals surface area contributed by atoms with Crippen LogP contribution in [0.1, 0.15) is 31.7 Å². The maximum absolute atomic E-state index is 11.8. The van der Waals surface area contributed by atoms with Crippen LogP contribution in [-0.4, -0.2) is 40.6 Å². The Kier molecular flexibility index (Phi) is 4.66. The normalized spacial score (nSPS) is 16.4. The second-order valence-corrected chi connectivity index (χ2v) is 6.19. The summed E-state index contributed by atoms with van der Waals surface area (Å²) in [6.07, 6.45) is 3.31. The molecule has 1 aliphatic heterocycles. The van der Waals surface area contributed by atoms with Gasteiger partial charge in [0.25, 0.3) is 0 Å². The van der Waals surface area contributed by atoms with Gasteiger partial charge in [0, 0.05) is 6.42 Å². The molecule has 0 aliphatic carbocycles. The summed E-state index contributed by atoms with van der Waals surface area (Å²) < 4.78 is 0. The van der Waals surface area contributed by atoms with Crippen LogP contribution in [0.15, 0.2) is 0 Å². The van der Waals surface area contributed by atoms with E-state index in [9.17, 15) is 4.79 Å². The quantitative estimate of drug-likeness (QED) is 0.884. The van der Waals surface area contributed by atoms with Gasteiger partial charge in [0.15, 0.2) is 0 Å². The number of carbonyl (C=O) groups is 1. The van der Waals surface area contributed by atoms with Crippen LogP contribution in [0.2, 0.25) is 0 Å². The van der Waals surface area contributed by atoms with Gasteiger partial charge in [-0.2, -0.15) is 0 Å². The number of likely N-dealkylation sites (tertiary alicyclic amines) is 1. The van der Waals surface area contributed by atoms with E-state index in [4.69, 9.17) is 0 Å². The van der Waals surface area contributed by atoms with Crippen LogP contribution in [-0.2, 0) is 11.2 Å². The standard InChI is InChI=1S/C12H20N4OS/c1-9(2)7-11-14-15-12(18-11)13-10(17)8-16-5-3-4-6-16/h9H,3-8H2,1-2H3,(H,13,15,17). The minimum atomic E-state index is 0.0177. The van der Waals surface area contributed by atoms with Crippen molar-refractivity contribution in [2.45, 2.75) is 33.1 Å². The van der Waals surface area contributed by atoms with E-state index in [1.165, 1.54) is 24.2 Å². The Labute approximate surface area is 112 Å². The zero-order valence-electron chi connectivity index (χ0n) is 11.0. The molecule has 1 aliphatic rings. The molecule has 1 fully saturated rings. The molecule has 1 N–H and O–H groups in total. The first-order chi connectivity index (χ1) is 8.63. The molecular weight excluding hydrogens is 248 g/mol. The number of amides is 1. The molecule has 18 heavy (non-hydrogen) atoms. The first-order valence-corrected chi connectivity index (χ1v) is 7.29. The molecule has 2 heterocycles. The largest absolute Gasteiger partial charge is 0.299 e. The Morgan fingerprint density at radius 2 is 2.11 bits per heavy atom. The highest BCUT2D eigenvalue weighted by Gasteiger charge is 2.16. The van der Waals surface area contributed by atoms with Crippen molar-refractivity contribution in [2.24, 2.45) is 5.92 Å². The molecule has 1 amide bonds. The van der Waals surface area contributed by atoms with Crippen molar-refractivity contribution in [3.05, 3.63) is 5.01 Å². The number of hydrogen-bond acceptors (Lipinski definition) is 5. The van der Waals surface area contributed by atoms with Crippen LogP contribution in [0.4, 0.5) is 5.13 Å². The first kappa shape index (κ1) is 13.4. The fourth-order valence-corrected chi connectivity index (χ4v) is 3.01. The summed E-state index contributed by atoms with van der Waals surface area (Å²) in [6, 6.07) is 0. The number of rotatable bonds is 5. The molecule has 1 saturated heterocycles. The summed E-state index contributed by atoms with van der Waals surface area (Å²) in [5, 5.41) is 12.5. The first-order valence-electron chi connectivity index (χ1n) is 6.48. The lowest BCUT2D eigenvalue weighted by Gasteiger charge is -2.12. The van der Waals surface area contributed by atoms with Crippen molar-refractivity contribution in [3.8, 4) is 0 Å². The third kappa shape index (κ3) is 4.03. The van der Waals surface area contributed by atoms with Gasteiger partial charge in [0.1, 0.15) is 5.01 Å². The van der Waals surface area contributed by atoms with Crippen molar-refractivity contribution < 1.29 is 4.79 Å². The third-order valence-corrected chi connectivity index (χ3v) is 3.72. The Balaban J connectivity index is 1.81. The van der Waals surface area contributed by atoms with Crippen molar-refractivity contribution >= 4 is 22.4 Å². The van der Waals surface area contributed by atoms with Gasteiger partial charge in [0.05, 0.1) is 6.54 Å². The van der Waals surface area contributed by atoms with E-state index in [0.717, 1.165) is 24.5 Å². The number of nitrogens with one attached hydrogen (secondary N) is 1. The fourth-order valence-electron chi connectivity index (χ4n) is 2.04. The zero-order chi connectivity index (χ0) is 13.0. The van der Waals surface area contributed by atoms with Gasteiger partial charge in [-0.25, -0.2) is 0 Å². The monoisotopic (exact) mass is 268 g/mol. The highest BCUT2D eigenvalue weighted by atomic mass is 32.1. The van der Waals surface area contributed by atoms with Crippen LogP contribution in [0.25, 0.3) is 0 Å². The molecule has 0 atom stereocenters. The van der Waals surface area contributed by atoms with Crippen LogP contribution >= 0.6 is 11.3 Å². The van der Waals surface area contributed by atoms with Gasteiger partial charge in [0.2, 0.25) is 11.0 Å². The minimum absolute atomic E-state index is 0.0177. The molecule has 100 valence electrons. The molecule has 0 radical (unpaired) electrons. The topological polar surface area (TPSA) is 58.1 Å². The highest BCUT2D eigenvalue weighted by molar-refractivity contribution is 7.15. The molecule has 1 aromatic rings. The van der Waals surface area contributed by atoms with E-state index in [2.05, 4.69) is 34.3 Å². The van der Waals surface area contributed by atoms with Crippen molar-refractivity contribution in [3.63, 3.8) is 0 Å². The Hall–Kier alpha value is -1.01. The average Bonchev–Trinajstić information content (AvgIpc) is 2.89. The van der Waals surface area contributed by atoms with E-state index in [1.54, 1.807) is 0 Å². The van der Waals surface area contributed by atoms with Gasteiger partial charge in [-0.1, -0.05) is 25.2 Å². The summed E-state index contributed by atoms with van der Waals surface area (Å²) in [5.74, 6) is 0.579. The highest BCUT2D eigenvalue weighted by Crippen LogP contribution is 2.18. The molecule has 2 rings (SSSR count).